The number of allylic oxidation sites excluding steroid dienone is 3. The van der Waals surface area contributed by atoms with E-state index in [-0.39, 0.29) is 17.3 Å². The second kappa shape index (κ2) is 12.0. The lowest BCUT2D eigenvalue weighted by molar-refractivity contribution is 0.103. The Hall–Kier alpha value is -4.89. The Morgan fingerprint density at radius 3 is 0.889 bits per heavy atom. The molecular formula is C33H24O3. The second-order valence-electron chi connectivity index (χ2n) is 8.12. The molecule has 0 unspecified atom stereocenters. The average Bonchev–Trinajstić information content (AvgIpc) is 2.94. The van der Waals surface area contributed by atoms with E-state index in [9.17, 15) is 14.4 Å². The van der Waals surface area contributed by atoms with Crippen LogP contribution in [0, 0.1) is 0 Å². The van der Waals surface area contributed by atoms with Crippen LogP contribution < -0.4 is 0 Å². The van der Waals surface area contributed by atoms with Gasteiger partial charge in [0, 0.05) is 16.7 Å². The molecule has 36 heavy (non-hydrogen) atoms. The predicted molar refractivity (Wildman–Crippen MR) is 146 cm³/mol. The highest BCUT2D eigenvalue weighted by atomic mass is 16.1. The summed E-state index contributed by atoms with van der Waals surface area (Å²) in [6.07, 6.45) is 9.79. The quantitative estimate of drug-likeness (QED) is 0.190. The lowest BCUT2D eigenvalue weighted by Gasteiger charge is -2.03. The number of carbonyl (C=O) groups is 3. The van der Waals surface area contributed by atoms with Gasteiger partial charge in [-0.3, -0.25) is 14.4 Å². The number of rotatable bonds is 9. The van der Waals surface area contributed by atoms with E-state index in [4.69, 9.17) is 0 Å². The summed E-state index contributed by atoms with van der Waals surface area (Å²) in [5.41, 5.74) is 4.15. The zero-order valence-corrected chi connectivity index (χ0v) is 19.6. The van der Waals surface area contributed by atoms with Gasteiger partial charge in [-0.05, 0) is 53.1 Å². The molecule has 0 saturated heterocycles. The van der Waals surface area contributed by atoms with E-state index in [0.717, 1.165) is 16.7 Å². The standard InChI is InChI=1S/C33H24O3/c34-31(28-10-4-1-5-11-28)19-16-25-22-26(17-20-32(35)29-12-6-2-7-13-29)24-27(23-25)18-21-33(36)30-14-8-3-9-15-30/h1-24H. The van der Waals surface area contributed by atoms with E-state index in [2.05, 4.69) is 0 Å². The molecule has 4 aromatic carbocycles. The molecule has 3 heteroatoms. The SMILES string of the molecule is O=C(C=Cc1cc(C=CC(=O)c2ccccc2)cc(C=CC(=O)c2ccccc2)c1)c1ccccc1. The van der Waals surface area contributed by atoms with E-state index < -0.39 is 0 Å². The minimum atomic E-state index is -0.104. The van der Waals surface area contributed by atoms with Crippen LogP contribution >= 0.6 is 0 Å². The molecule has 4 aromatic rings. The van der Waals surface area contributed by atoms with Crippen molar-refractivity contribution in [1.29, 1.82) is 0 Å². The van der Waals surface area contributed by atoms with Crippen molar-refractivity contribution in [2.24, 2.45) is 0 Å². The molecule has 0 heterocycles. The topological polar surface area (TPSA) is 51.2 Å². The number of carbonyl (C=O) groups excluding carboxylic acids is 3. The molecule has 174 valence electrons. The maximum atomic E-state index is 12.5. The minimum Gasteiger partial charge on any atom is -0.289 e. The van der Waals surface area contributed by atoms with Gasteiger partial charge in [0.2, 0.25) is 0 Å². The maximum Gasteiger partial charge on any atom is 0.185 e. The molecule has 0 radical (unpaired) electrons. The van der Waals surface area contributed by atoms with Crippen molar-refractivity contribution in [3.05, 3.63) is 161 Å². The third kappa shape index (κ3) is 6.81. The van der Waals surface area contributed by atoms with Gasteiger partial charge in [0.05, 0.1) is 0 Å². The highest BCUT2D eigenvalue weighted by Crippen LogP contribution is 2.17. The van der Waals surface area contributed by atoms with Crippen molar-refractivity contribution < 1.29 is 14.4 Å². The van der Waals surface area contributed by atoms with Crippen LogP contribution in [0.1, 0.15) is 47.8 Å². The smallest absolute Gasteiger partial charge is 0.185 e. The molecular weight excluding hydrogens is 444 g/mol. The molecule has 0 aliphatic carbocycles. The molecule has 0 fully saturated rings. The van der Waals surface area contributed by atoms with Crippen LogP contribution in [-0.2, 0) is 0 Å². The Bertz CT molecular complexity index is 1250. The summed E-state index contributed by atoms with van der Waals surface area (Å²) in [5, 5.41) is 0. The fraction of sp³-hybridized carbons (Fsp3) is 0. The third-order valence-corrected chi connectivity index (χ3v) is 5.46. The Kier molecular flexibility index (Phi) is 8.08. The Labute approximate surface area is 210 Å². The molecule has 0 amide bonds. The Morgan fingerprint density at radius 1 is 0.389 bits per heavy atom. The largest absolute Gasteiger partial charge is 0.289 e. The first kappa shape index (κ1) is 24.2. The third-order valence-electron chi connectivity index (χ3n) is 5.46. The second-order valence-corrected chi connectivity index (χ2v) is 8.12. The Morgan fingerprint density at radius 2 is 0.639 bits per heavy atom. The van der Waals surface area contributed by atoms with Crippen molar-refractivity contribution >= 4 is 35.6 Å². The van der Waals surface area contributed by atoms with Crippen molar-refractivity contribution in [2.45, 2.75) is 0 Å². The van der Waals surface area contributed by atoms with E-state index >= 15 is 0 Å². The van der Waals surface area contributed by atoms with Gasteiger partial charge in [0.15, 0.2) is 17.3 Å². The van der Waals surface area contributed by atoms with Crippen LogP contribution in [0.5, 0.6) is 0 Å². The van der Waals surface area contributed by atoms with Gasteiger partial charge in [-0.2, -0.15) is 0 Å². The molecule has 0 aromatic heterocycles. The van der Waals surface area contributed by atoms with Gasteiger partial charge in [0.25, 0.3) is 0 Å². The lowest BCUT2D eigenvalue weighted by Crippen LogP contribution is -1.94. The molecule has 0 N–H and O–H groups in total. The summed E-state index contributed by atoms with van der Waals surface area (Å²) in [5.74, 6) is -0.313. The summed E-state index contributed by atoms with van der Waals surface area (Å²) in [6.45, 7) is 0. The van der Waals surface area contributed by atoms with Crippen LogP contribution in [0.3, 0.4) is 0 Å². The molecule has 0 aliphatic heterocycles. The van der Waals surface area contributed by atoms with E-state index in [0.29, 0.717) is 16.7 Å². The fourth-order valence-electron chi connectivity index (χ4n) is 3.60. The maximum absolute atomic E-state index is 12.5. The molecule has 4 rings (SSSR count). The van der Waals surface area contributed by atoms with Crippen LogP contribution in [0.15, 0.2) is 127 Å². The monoisotopic (exact) mass is 468 g/mol. The van der Waals surface area contributed by atoms with Crippen LogP contribution in [0.25, 0.3) is 18.2 Å². The highest BCUT2D eigenvalue weighted by Gasteiger charge is 2.04. The van der Waals surface area contributed by atoms with Gasteiger partial charge < -0.3 is 0 Å². The molecule has 0 saturated carbocycles. The zero-order valence-electron chi connectivity index (χ0n) is 19.6. The van der Waals surface area contributed by atoms with Crippen molar-refractivity contribution in [3.63, 3.8) is 0 Å². The number of benzene rings is 4. The molecule has 0 aliphatic rings. The summed E-state index contributed by atoms with van der Waals surface area (Å²) in [7, 11) is 0. The molecule has 0 atom stereocenters. The summed E-state index contributed by atoms with van der Waals surface area (Å²) >= 11 is 0. The van der Waals surface area contributed by atoms with E-state index in [1.165, 1.54) is 18.2 Å². The van der Waals surface area contributed by atoms with Gasteiger partial charge in [-0.25, -0.2) is 0 Å². The summed E-state index contributed by atoms with van der Waals surface area (Å²) < 4.78 is 0. The fourth-order valence-corrected chi connectivity index (χ4v) is 3.60. The average molecular weight is 469 g/mol. The minimum absolute atomic E-state index is 0.104. The van der Waals surface area contributed by atoms with E-state index in [1.807, 2.05) is 72.8 Å². The van der Waals surface area contributed by atoms with Crippen molar-refractivity contribution in [2.75, 3.05) is 0 Å². The number of hydrogen-bond acceptors (Lipinski definition) is 3. The predicted octanol–water partition coefficient (Wildman–Crippen LogP) is 7.37. The van der Waals surface area contributed by atoms with Gasteiger partial charge in [-0.1, -0.05) is 109 Å². The Balaban J connectivity index is 1.62. The van der Waals surface area contributed by atoms with Gasteiger partial charge in [-0.15, -0.1) is 0 Å². The first-order valence-electron chi connectivity index (χ1n) is 11.6. The lowest BCUT2D eigenvalue weighted by atomic mass is 10.0. The first-order chi connectivity index (χ1) is 17.6. The van der Waals surface area contributed by atoms with Gasteiger partial charge in [0.1, 0.15) is 0 Å². The zero-order chi connectivity index (χ0) is 25.2. The highest BCUT2D eigenvalue weighted by molar-refractivity contribution is 6.08. The van der Waals surface area contributed by atoms with Crippen LogP contribution in [0.2, 0.25) is 0 Å². The normalized spacial score (nSPS) is 11.3. The number of hydrogen-bond donors (Lipinski definition) is 0. The summed E-state index contributed by atoms with van der Waals surface area (Å²) in [4.78, 5) is 37.6. The van der Waals surface area contributed by atoms with Crippen molar-refractivity contribution in [3.8, 4) is 0 Å². The summed E-state index contributed by atoms with van der Waals surface area (Å²) in [6, 6.07) is 32.8. The van der Waals surface area contributed by atoms with Crippen LogP contribution in [0.4, 0.5) is 0 Å². The molecule has 3 nitrogen and oxygen atoms in total. The first-order valence-corrected chi connectivity index (χ1v) is 11.6. The molecule has 0 bridgehead atoms. The van der Waals surface area contributed by atoms with Crippen LogP contribution in [-0.4, -0.2) is 17.3 Å². The van der Waals surface area contributed by atoms with E-state index in [1.54, 1.807) is 54.6 Å². The molecule has 0 spiro atoms. The van der Waals surface area contributed by atoms with Gasteiger partial charge >= 0.3 is 0 Å². The van der Waals surface area contributed by atoms with Crippen molar-refractivity contribution in [1.82, 2.24) is 0 Å². The number of ketones is 3.